The van der Waals surface area contributed by atoms with Crippen LogP contribution in [-0.4, -0.2) is 23.3 Å². The smallest absolute Gasteiger partial charge is 0.261 e. The van der Waals surface area contributed by atoms with E-state index in [1.165, 1.54) is 4.90 Å². The maximum atomic E-state index is 13.0. The van der Waals surface area contributed by atoms with Crippen LogP contribution in [0.15, 0.2) is 30.4 Å². The quantitative estimate of drug-likeness (QED) is 0.803. The van der Waals surface area contributed by atoms with Crippen molar-refractivity contribution in [2.45, 2.75) is 34.1 Å². The number of carbonyl (C=O) groups excluding carboxylic acids is 2. The van der Waals surface area contributed by atoms with Crippen LogP contribution in [-0.2, 0) is 4.79 Å². The first-order valence-electron chi connectivity index (χ1n) is 8.19. The molecule has 1 aliphatic heterocycles. The summed E-state index contributed by atoms with van der Waals surface area (Å²) >= 11 is 0. The van der Waals surface area contributed by atoms with Gasteiger partial charge in [0.05, 0.1) is 0 Å². The van der Waals surface area contributed by atoms with Crippen LogP contribution in [0.25, 0.3) is 11.6 Å². The minimum absolute atomic E-state index is 0.123. The number of nitrogens with zero attached hydrogens (tertiary/aromatic N) is 1. The van der Waals surface area contributed by atoms with Gasteiger partial charge in [0.1, 0.15) is 0 Å². The van der Waals surface area contributed by atoms with Crippen molar-refractivity contribution in [2.24, 2.45) is 11.3 Å². The molecule has 0 unspecified atom stereocenters. The number of allylic oxidation sites excluding steroid dienone is 1. The van der Waals surface area contributed by atoms with Crippen molar-refractivity contribution in [3.63, 3.8) is 0 Å². The highest BCUT2D eigenvalue weighted by molar-refractivity contribution is 6.27. The molecule has 0 aromatic heterocycles. The third-order valence-electron chi connectivity index (χ3n) is 5.20. The number of benzene rings is 1. The summed E-state index contributed by atoms with van der Waals surface area (Å²) in [5.41, 5.74) is 1.16. The number of carbonyl (C=O) groups is 2. The Kier molecular flexibility index (Phi) is 3.75. The van der Waals surface area contributed by atoms with Crippen molar-refractivity contribution < 1.29 is 9.59 Å². The molecular formula is C20H23NO2. The van der Waals surface area contributed by atoms with Gasteiger partial charge in [-0.1, -0.05) is 58.1 Å². The summed E-state index contributed by atoms with van der Waals surface area (Å²) in [6.45, 7) is 8.89. The van der Waals surface area contributed by atoms with Crippen molar-refractivity contribution in [3.8, 4) is 0 Å². The topological polar surface area (TPSA) is 37.4 Å². The van der Waals surface area contributed by atoms with Crippen molar-refractivity contribution in [3.05, 3.63) is 46.4 Å². The van der Waals surface area contributed by atoms with E-state index in [-0.39, 0.29) is 17.2 Å². The second-order valence-electron chi connectivity index (χ2n) is 7.37. The average Bonchev–Trinajstić information content (AvgIpc) is 2.72. The van der Waals surface area contributed by atoms with Gasteiger partial charge in [-0.3, -0.25) is 14.5 Å². The molecule has 1 aromatic carbocycles. The fraction of sp³-hybridized carbons (Fsp3) is 0.400. The van der Waals surface area contributed by atoms with Crippen molar-refractivity contribution >= 4 is 23.5 Å². The van der Waals surface area contributed by atoms with E-state index in [2.05, 4.69) is 33.8 Å². The van der Waals surface area contributed by atoms with E-state index in [1.54, 1.807) is 0 Å². The van der Waals surface area contributed by atoms with Crippen molar-refractivity contribution in [1.82, 2.24) is 4.90 Å². The van der Waals surface area contributed by atoms with Gasteiger partial charge in [0, 0.05) is 22.9 Å². The molecule has 1 aromatic rings. The molecular weight excluding hydrogens is 286 g/mol. The molecule has 1 aliphatic carbocycles. The zero-order valence-electron chi connectivity index (χ0n) is 14.2. The highest BCUT2D eigenvalue weighted by atomic mass is 16.2. The normalized spacial score (nSPS) is 17.3. The average molecular weight is 309 g/mol. The molecule has 2 amide bonds. The molecule has 3 heteroatoms. The number of amides is 2. The molecule has 0 spiro atoms. The highest BCUT2D eigenvalue weighted by Crippen LogP contribution is 2.29. The van der Waals surface area contributed by atoms with Gasteiger partial charge in [0.15, 0.2) is 0 Å². The largest absolute Gasteiger partial charge is 0.274 e. The Bertz CT molecular complexity index is 828. The monoisotopic (exact) mass is 309 g/mol. The van der Waals surface area contributed by atoms with E-state index in [0.29, 0.717) is 23.6 Å². The van der Waals surface area contributed by atoms with Crippen LogP contribution in [0.1, 0.15) is 44.5 Å². The minimum Gasteiger partial charge on any atom is -0.274 e. The Morgan fingerprint density at radius 1 is 1.17 bits per heavy atom. The standard InChI is InChI=1S/C20H23NO2/c1-13(2)20(3,4)12-21-18(22)15-10-6-5-8-14-9-7-11-16(17(14)15)19(21)23/h6-11,13H,5,12H2,1-4H3. The van der Waals surface area contributed by atoms with Gasteiger partial charge in [0.25, 0.3) is 11.8 Å². The molecule has 0 saturated heterocycles. The summed E-state index contributed by atoms with van der Waals surface area (Å²) in [6.07, 6.45) is 6.70. The summed E-state index contributed by atoms with van der Waals surface area (Å²) < 4.78 is 0. The Hall–Kier alpha value is -2.16. The minimum atomic E-state index is -0.173. The lowest BCUT2D eigenvalue weighted by Gasteiger charge is -2.36. The van der Waals surface area contributed by atoms with Crippen LogP contribution in [0.4, 0.5) is 0 Å². The first-order chi connectivity index (χ1) is 10.8. The van der Waals surface area contributed by atoms with Gasteiger partial charge < -0.3 is 0 Å². The predicted molar refractivity (Wildman–Crippen MR) is 92.0 cm³/mol. The van der Waals surface area contributed by atoms with E-state index in [1.807, 2.05) is 30.4 Å². The van der Waals surface area contributed by atoms with E-state index in [9.17, 15) is 9.59 Å². The van der Waals surface area contributed by atoms with E-state index in [4.69, 9.17) is 0 Å². The van der Waals surface area contributed by atoms with Crippen LogP contribution >= 0.6 is 0 Å². The fourth-order valence-corrected chi connectivity index (χ4v) is 2.98. The zero-order valence-corrected chi connectivity index (χ0v) is 14.2. The summed E-state index contributed by atoms with van der Waals surface area (Å²) in [6, 6.07) is 5.70. The molecule has 1 heterocycles. The molecule has 0 atom stereocenters. The van der Waals surface area contributed by atoms with E-state index < -0.39 is 0 Å². The van der Waals surface area contributed by atoms with Gasteiger partial charge in [-0.2, -0.15) is 0 Å². The Balaban J connectivity index is 2.17. The molecule has 120 valence electrons. The zero-order chi connectivity index (χ0) is 16.8. The molecule has 0 N–H and O–H groups in total. The lowest BCUT2D eigenvalue weighted by molar-refractivity contribution is -0.124. The van der Waals surface area contributed by atoms with Gasteiger partial charge in [-0.25, -0.2) is 0 Å². The van der Waals surface area contributed by atoms with E-state index in [0.717, 1.165) is 16.9 Å². The molecule has 3 nitrogen and oxygen atoms in total. The molecule has 0 radical (unpaired) electrons. The SMILES string of the molecule is CC(C)C(C)(C)CN1C(=O)C2=c3c(cccc3=CCC=C2)C1=O. The fourth-order valence-electron chi connectivity index (χ4n) is 2.98. The van der Waals surface area contributed by atoms with E-state index >= 15 is 0 Å². The second-order valence-corrected chi connectivity index (χ2v) is 7.37. The van der Waals surface area contributed by atoms with Gasteiger partial charge in [0.2, 0.25) is 0 Å². The van der Waals surface area contributed by atoms with Gasteiger partial charge in [-0.15, -0.1) is 0 Å². The molecule has 2 aliphatic rings. The van der Waals surface area contributed by atoms with Gasteiger partial charge >= 0.3 is 0 Å². The summed E-state index contributed by atoms with van der Waals surface area (Å²) in [5.74, 6) is 0.0297. The molecule has 0 saturated carbocycles. The lowest BCUT2D eigenvalue weighted by Crippen LogP contribution is -2.52. The summed E-state index contributed by atoms with van der Waals surface area (Å²) in [5, 5.41) is 1.78. The van der Waals surface area contributed by atoms with Crippen LogP contribution in [0.5, 0.6) is 0 Å². The lowest BCUT2D eigenvalue weighted by atomic mass is 9.80. The highest BCUT2D eigenvalue weighted by Gasteiger charge is 2.36. The molecule has 3 rings (SSSR count). The molecule has 23 heavy (non-hydrogen) atoms. The Labute approximate surface area is 137 Å². The number of hydrogen-bond acceptors (Lipinski definition) is 2. The Morgan fingerprint density at radius 3 is 2.61 bits per heavy atom. The number of imide groups is 1. The predicted octanol–water partition coefficient (Wildman–Crippen LogP) is 2.24. The Morgan fingerprint density at radius 2 is 1.91 bits per heavy atom. The summed E-state index contributed by atoms with van der Waals surface area (Å²) in [7, 11) is 0. The van der Waals surface area contributed by atoms with Crippen LogP contribution < -0.4 is 10.4 Å². The van der Waals surface area contributed by atoms with Gasteiger partial charge in [-0.05, 0) is 29.0 Å². The first kappa shape index (κ1) is 15.7. The molecule has 0 fully saturated rings. The number of rotatable bonds is 3. The maximum absolute atomic E-state index is 13.0. The van der Waals surface area contributed by atoms with Crippen molar-refractivity contribution in [1.29, 1.82) is 0 Å². The number of hydrogen-bond donors (Lipinski definition) is 0. The summed E-state index contributed by atoms with van der Waals surface area (Å²) in [4.78, 5) is 27.3. The van der Waals surface area contributed by atoms with Crippen LogP contribution in [0.3, 0.4) is 0 Å². The van der Waals surface area contributed by atoms with Crippen LogP contribution in [0.2, 0.25) is 0 Å². The third-order valence-corrected chi connectivity index (χ3v) is 5.20. The van der Waals surface area contributed by atoms with Crippen LogP contribution in [0, 0.1) is 11.3 Å². The first-order valence-corrected chi connectivity index (χ1v) is 8.19. The molecule has 0 bridgehead atoms. The maximum Gasteiger partial charge on any atom is 0.261 e. The third kappa shape index (κ3) is 2.54. The van der Waals surface area contributed by atoms with Crippen molar-refractivity contribution in [2.75, 3.05) is 6.54 Å². The second kappa shape index (κ2) is 5.48.